The molecule has 1 aliphatic heterocycles. The first kappa shape index (κ1) is 14.0. The van der Waals surface area contributed by atoms with Gasteiger partial charge in [-0.25, -0.2) is 0 Å². The second kappa shape index (κ2) is 5.29. The predicted octanol–water partition coefficient (Wildman–Crippen LogP) is 2.08. The van der Waals surface area contributed by atoms with Gasteiger partial charge in [-0.15, -0.1) is 0 Å². The van der Waals surface area contributed by atoms with Gasteiger partial charge in [0.2, 0.25) is 0 Å². The van der Waals surface area contributed by atoms with E-state index >= 15 is 0 Å². The van der Waals surface area contributed by atoms with Crippen LogP contribution in [0.15, 0.2) is 12.1 Å². The zero-order valence-electron chi connectivity index (χ0n) is 11.9. The van der Waals surface area contributed by atoms with Gasteiger partial charge in [-0.2, -0.15) is 0 Å². The molecule has 0 aliphatic carbocycles. The minimum atomic E-state index is -0.643. The van der Waals surface area contributed by atoms with Crippen LogP contribution in [0, 0.1) is 13.8 Å². The van der Waals surface area contributed by atoms with Gasteiger partial charge in [0.05, 0.1) is 16.9 Å². The third-order valence-corrected chi connectivity index (χ3v) is 3.81. The van der Waals surface area contributed by atoms with Crippen molar-refractivity contribution in [3.05, 3.63) is 29.1 Å². The molecule has 4 nitrogen and oxygen atoms in total. The van der Waals surface area contributed by atoms with Crippen molar-refractivity contribution in [1.82, 2.24) is 9.88 Å². The van der Waals surface area contributed by atoms with Gasteiger partial charge in [0.15, 0.2) is 0 Å². The fourth-order valence-corrected chi connectivity index (χ4v) is 2.55. The Morgan fingerprint density at radius 2 is 2.05 bits per heavy atom. The molecule has 2 heterocycles. The number of carbonyl (C=O) groups excluding carboxylic acids is 1. The maximum atomic E-state index is 12.5. The van der Waals surface area contributed by atoms with Gasteiger partial charge in [0.25, 0.3) is 5.91 Å². The van der Waals surface area contributed by atoms with E-state index in [0.29, 0.717) is 25.1 Å². The van der Waals surface area contributed by atoms with Crippen molar-refractivity contribution in [1.29, 1.82) is 0 Å². The van der Waals surface area contributed by atoms with Gasteiger partial charge in [-0.3, -0.25) is 9.78 Å². The van der Waals surface area contributed by atoms with E-state index in [4.69, 9.17) is 0 Å². The zero-order valence-corrected chi connectivity index (χ0v) is 11.9. The molecule has 4 heteroatoms. The van der Waals surface area contributed by atoms with Crippen molar-refractivity contribution in [2.24, 2.45) is 0 Å². The van der Waals surface area contributed by atoms with Gasteiger partial charge in [-0.05, 0) is 52.2 Å². The molecule has 0 radical (unpaired) electrons. The largest absolute Gasteiger partial charge is 0.390 e. The molecule has 104 valence electrons. The first-order valence-corrected chi connectivity index (χ1v) is 6.85. The van der Waals surface area contributed by atoms with E-state index in [1.165, 1.54) is 0 Å². The van der Waals surface area contributed by atoms with Crippen LogP contribution in [0.3, 0.4) is 0 Å². The van der Waals surface area contributed by atoms with E-state index in [2.05, 4.69) is 4.98 Å². The van der Waals surface area contributed by atoms with Crippen molar-refractivity contribution in [2.45, 2.75) is 45.6 Å². The number of pyridine rings is 1. The first-order valence-electron chi connectivity index (χ1n) is 6.85. The Kier molecular flexibility index (Phi) is 3.90. The molecule has 1 fully saturated rings. The minimum absolute atomic E-state index is 0.0303. The molecule has 1 aromatic heterocycles. The lowest BCUT2D eigenvalue weighted by Crippen LogP contribution is -2.34. The van der Waals surface area contributed by atoms with E-state index in [1.807, 2.05) is 37.8 Å². The number of carbonyl (C=O) groups is 1. The lowest BCUT2D eigenvalue weighted by atomic mass is 9.98. The number of hydrogen-bond acceptors (Lipinski definition) is 3. The van der Waals surface area contributed by atoms with Crippen LogP contribution in [0.5, 0.6) is 0 Å². The third-order valence-electron chi connectivity index (χ3n) is 3.81. The molecule has 2 rings (SSSR count). The fraction of sp³-hybridized carbons (Fsp3) is 0.600. The summed E-state index contributed by atoms with van der Waals surface area (Å²) in [6.07, 6.45) is 2.23. The van der Waals surface area contributed by atoms with E-state index in [0.717, 1.165) is 24.2 Å². The van der Waals surface area contributed by atoms with Crippen molar-refractivity contribution < 1.29 is 9.90 Å². The van der Waals surface area contributed by atoms with Crippen LogP contribution in [0.4, 0.5) is 0 Å². The summed E-state index contributed by atoms with van der Waals surface area (Å²) < 4.78 is 0. The number of aliphatic hydroxyl groups is 1. The standard InChI is InChI=1S/C15H22N2O2/c1-11-5-6-13(12(2)16-11)14(18)17-9-4-7-15(3,19)8-10-17/h5-6,19H,4,7-10H2,1-3H3. The Bertz CT molecular complexity index is 483. The summed E-state index contributed by atoms with van der Waals surface area (Å²) in [5.74, 6) is 0.0303. The van der Waals surface area contributed by atoms with Crippen LogP contribution in [0.25, 0.3) is 0 Å². The summed E-state index contributed by atoms with van der Waals surface area (Å²) in [5, 5.41) is 10.1. The zero-order chi connectivity index (χ0) is 14.0. The second-order valence-corrected chi connectivity index (χ2v) is 5.73. The van der Waals surface area contributed by atoms with Crippen LogP contribution in [-0.4, -0.2) is 39.6 Å². The Morgan fingerprint density at radius 3 is 2.74 bits per heavy atom. The Morgan fingerprint density at radius 1 is 1.32 bits per heavy atom. The summed E-state index contributed by atoms with van der Waals surface area (Å²) in [6, 6.07) is 3.72. The van der Waals surface area contributed by atoms with Crippen LogP contribution in [0.2, 0.25) is 0 Å². The smallest absolute Gasteiger partial charge is 0.255 e. The Balaban J connectivity index is 2.15. The molecular formula is C15H22N2O2. The monoisotopic (exact) mass is 262 g/mol. The molecular weight excluding hydrogens is 240 g/mol. The number of likely N-dealkylation sites (tertiary alicyclic amines) is 1. The average Bonchev–Trinajstić information content (AvgIpc) is 2.49. The summed E-state index contributed by atoms with van der Waals surface area (Å²) in [5.41, 5.74) is 1.73. The van der Waals surface area contributed by atoms with Crippen molar-refractivity contribution in [2.75, 3.05) is 13.1 Å². The van der Waals surface area contributed by atoms with Gasteiger partial charge >= 0.3 is 0 Å². The van der Waals surface area contributed by atoms with Gasteiger partial charge in [0, 0.05) is 18.8 Å². The molecule has 1 saturated heterocycles. The van der Waals surface area contributed by atoms with Gasteiger partial charge in [-0.1, -0.05) is 0 Å². The molecule has 1 aromatic rings. The summed E-state index contributed by atoms with van der Waals surface area (Å²) in [6.45, 7) is 6.96. The highest BCUT2D eigenvalue weighted by atomic mass is 16.3. The molecule has 1 N–H and O–H groups in total. The van der Waals surface area contributed by atoms with Crippen LogP contribution >= 0.6 is 0 Å². The molecule has 1 amide bonds. The Labute approximate surface area is 114 Å². The molecule has 0 aromatic carbocycles. The molecule has 19 heavy (non-hydrogen) atoms. The number of aryl methyl sites for hydroxylation is 2. The van der Waals surface area contributed by atoms with Crippen molar-refractivity contribution in [3.8, 4) is 0 Å². The molecule has 1 unspecified atom stereocenters. The highest BCUT2D eigenvalue weighted by molar-refractivity contribution is 5.95. The maximum absolute atomic E-state index is 12.5. The fourth-order valence-electron chi connectivity index (χ4n) is 2.55. The highest BCUT2D eigenvalue weighted by Gasteiger charge is 2.28. The van der Waals surface area contributed by atoms with Crippen molar-refractivity contribution >= 4 is 5.91 Å². The van der Waals surface area contributed by atoms with Gasteiger partial charge < -0.3 is 10.0 Å². The number of nitrogens with zero attached hydrogens (tertiary/aromatic N) is 2. The summed E-state index contributed by atoms with van der Waals surface area (Å²) in [7, 11) is 0. The normalized spacial score (nSPS) is 24.1. The van der Waals surface area contributed by atoms with E-state index < -0.39 is 5.60 Å². The summed E-state index contributed by atoms with van der Waals surface area (Å²) in [4.78, 5) is 18.7. The predicted molar refractivity (Wildman–Crippen MR) is 74.1 cm³/mol. The van der Waals surface area contributed by atoms with E-state index in [9.17, 15) is 9.90 Å². The SMILES string of the molecule is Cc1ccc(C(=O)N2CCCC(C)(O)CC2)c(C)n1. The molecule has 1 atom stereocenters. The topological polar surface area (TPSA) is 53.4 Å². The molecule has 1 aliphatic rings. The highest BCUT2D eigenvalue weighted by Crippen LogP contribution is 2.22. The maximum Gasteiger partial charge on any atom is 0.255 e. The number of aromatic nitrogens is 1. The number of amides is 1. The van der Waals surface area contributed by atoms with Crippen LogP contribution in [-0.2, 0) is 0 Å². The minimum Gasteiger partial charge on any atom is -0.390 e. The van der Waals surface area contributed by atoms with E-state index in [1.54, 1.807) is 0 Å². The number of hydrogen-bond donors (Lipinski definition) is 1. The Hall–Kier alpha value is -1.42. The van der Waals surface area contributed by atoms with Gasteiger partial charge in [0.1, 0.15) is 0 Å². The second-order valence-electron chi connectivity index (χ2n) is 5.73. The number of rotatable bonds is 1. The van der Waals surface area contributed by atoms with Crippen molar-refractivity contribution in [3.63, 3.8) is 0 Å². The summed E-state index contributed by atoms with van der Waals surface area (Å²) >= 11 is 0. The first-order chi connectivity index (χ1) is 8.89. The lowest BCUT2D eigenvalue weighted by Gasteiger charge is -2.23. The molecule has 0 spiro atoms. The van der Waals surface area contributed by atoms with Crippen LogP contribution in [0.1, 0.15) is 47.9 Å². The van der Waals surface area contributed by atoms with Crippen LogP contribution < -0.4 is 0 Å². The lowest BCUT2D eigenvalue weighted by molar-refractivity contribution is 0.0438. The third kappa shape index (κ3) is 3.32. The molecule has 0 saturated carbocycles. The quantitative estimate of drug-likeness (QED) is 0.843. The average molecular weight is 262 g/mol. The molecule has 0 bridgehead atoms. The van der Waals surface area contributed by atoms with E-state index in [-0.39, 0.29) is 5.91 Å².